The highest BCUT2D eigenvalue weighted by molar-refractivity contribution is 7.80. The molecule has 3 aromatic rings. The Labute approximate surface area is 151 Å². The van der Waals surface area contributed by atoms with Gasteiger partial charge in [-0.1, -0.05) is 18.2 Å². The second-order valence-corrected chi connectivity index (χ2v) is 6.81. The molecule has 1 unspecified atom stereocenters. The maximum atomic E-state index is 5.90. The highest BCUT2D eigenvalue weighted by Crippen LogP contribution is 2.26. The van der Waals surface area contributed by atoms with E-state index < -0.39 is 0 Å². The molecule has 2 heterocycles. The van der Waals surface area contributed by atoms with Gasteiger partial charge in [-0.2, -0.15) is 12.6 Å². The predicted molar refractivity (Wildman–Crippen MR) is 106 cm³/mol. The van der Waals surface area contributed by atoms with Crippen molar-refractivity contribution in [3.05, 3.63) is 53.5 Å². The average molecular weight is 360 g/mol. The fourth-order valence-corrected chi connectivity index (χ4v) is 3.56. The largest absolute Gasteiger partial charge is 0.476 e. The van der Waals surface area contributed by atoms with E-state index in [1.807, 2.05) is 12.1 Å². The van der Waals surface area contributed by atoms with E-state index >= 15 is 0 Å². The lowest BCUT2D eigenvalue weighted by molar-refractivity contribution is 0.311. The van der Waals surface area contributed by atoms with Crippen LogP contribution in [-0.4, -0.2) is 29.9 Å². The normalized spacial score (nSPS) is 12.2. The van der Waals surface area contributed by atoms with Crippen molar-refractivity contribution in [1.29, 1.82) is 0 Å². The standard InChI is InChI=1S/C18H21N3OS2/c19-14(11-23)10-21-16-5-3-8-20-18(16)22-9-7-13-12-24-17-6-2-1-4-15(13)17/h1-6,8,12,14,21,23H,7,9-11,19H2. The van der Waals surface area contributed by atoms with Crippen LogP contribution in [0.25, 0.3) is 10.1 Å². The predicted octanol–water partition coefficient (Wildman–Crippen LogP) is 3.59. The van der Waals surface area contributed by atoms with Gasteiger partial charge >= 0.3 is 0 Å². The van der Waals surface area contributed by atoms with E-state index in [2.05, 4.69) is 52.6 Å². The van der Waals surface area contributed by atoms with Crippen LogP contribution in [-0.2, 0) is 6.42 Å². The van der Waals surface area contributed by atoms with E-state index in [0.29, 0.717) is 24.8 Å². The Kier molecular flexibility index (Phi) is 5.96. The number of rotatable bonds is 8. The van der Waals surface area contributed by atoms with Crippen LogP contribution in [0.3, 0.4) is 0 Å². The summed E-state index contributed by atoms with van der Waals surface area (Å²) < 4.78 is 7.21. The van der Waals surface area contributed by atoms with Crippen molar-refractivity contribution in [3.8, 4) is 5.88 Å². The quantitative estimate of drug-likeness (QED) is 0.538. The molecule has 4 nitrogen and oxygen atoms in total. The molecule has 0 aliphatic rings. The smallest absolute Gasteiger partial charge is 0.237 e. The molecule has 2 aromatic heterocycles. The molecule has 1 aromatic carbocycles. The fourth-order valence-electron chi connectivity index (χ4n) is 2.43. The van der Waals surface area contributed by atoms with Gasteiger partial charge in [0, 0.05) is 35.7 Å². The average Bonchev–Trinajstić information content (AvgIpc) is 3.04. The van der Waals surface area contributed by atoms with Crippen molar-refractivity contribution < 1.29 is 4.74 Å². The molecule has 0 fully saturated rings. The lowest BCUT2D eigenvalue weighted by Gasteiger charge is -2.14. The minimum atomic E-state index is -0.00133. The molecule has 0 spiro atoms. The number of hydrogen-bond acceptors (Lipinski definition) is 6. The first-order chi connectivity index (χ1) is 11.8. The topological polar surface area (TPSA) is 60.2 Å². The Balaban J connectivity index is 1.60. The zero-order valence-electron chi connectivity index (χ0n) is 13.3. The minimum absolute atomic E-state index is 0.00133. The fraction of sp³-hybridized carbons (Fsp3) is 0.278. The van der Waals surface area contributed by atoms with Crippen LogP contribution < -0.4 is 15.8 Å². The molecule has 3 N–H and O–H groups in total. The van der Waals surface area contributed by atoms with Crippen LogP contribution in [0.2, 0.25) is 0 Å². The summed E-state index contributed by atoms with van der Waals surface area (Å²) in [6, 6.07) is 12.3. The summed E-state index contributed by atoms with van der Waals surface area (Å²) >= 11 is 5.97. The first-order valence-electron chi connectivity index (χ1n) is 7.91. The van der Waals surface area contributed by atoms with Crippen molar-refractivity contribution in [2.75, 3.05) is 24.2 Å². The van der Waals surface area contributed by atoms with Gasteiger partial charge < -0.3 is 15.8 Å². The van der Waals surface area contributed by atoms with Crippen LogP contribution in [0.1, 0.15) is 5.56 Å². The number of thiophene rings is 1. The van der Waals surface area contributed by atoms with Crippen molar-refractivity contribution in [2.24, 2.45) is 5.73 Å². The number of nitrogens with zero attached hydrogens (tertiary/aromatic N) is 1. The van der Waals surface area contributed by atoms with Crippen LogP contribution in [0, 0.1) is 0 Å². The summed E-state index contributed by atoms with van der Waals surface area (Å²) in [6.07, 6.45) is 2.59. The highest BCUT2D eigenvalue weighted by Gasteiger charge is 2.08. The van der Waals surface area contributed by atoms with Gasteiger partial charge in [-0.15, -0.1) is 11.3 Å². The first kappa shape index (κ1) is 17.1. The molecule has 0 bridgehead atoms. The van der Waals surface area contributed by atoms with E-state index in [0.717, 1.165) is 12.1 Å². The van der Waals surface area contributed by atoms with Crippen molar-refractivity contribution in [2.45, 2.75) is 12.5 Å². The van der Waals surface area contributed by atoms with Gasteiger partial charge in [-0.25, -0.2) is 4.98 Å². The summed E-state index contributed by atoms with van der Waals surface area (Å²) in [5.41, 5.74) is 8.07. The number of anilines is 1. The molecule has 0 aliphatic heterocycles. The molecule has 0 aliphatic carbocycles. The van der Waals surface area contributed by atoms with E-state index in [-0.39, 0.29) is 6.04 Å². The zero-order chi connectivity index (χ0) is 16.8. The third-order valence-electron chi connectivity index (χ3n) is 3.73. The molecule has 3 rings (SSSR count). The summed E-state index contributed by atoms with van der Waals surface area (Å²) in [5.74, 6) is 1.25. The van der Waals surface area contributed by atoms with E-state index in [9.17, 15) is 0 Å². The lowest BCUT2D eigenvalue weighted by Crippen LogP contribution is -2.30. The SMILES string of the molecule is NC(CS)CNc1cccnc1OCCc1csc2ccccc12. The summed E-state index contributed by atoms with van der Waals surface area (Å²) in [5, 5.41) is 6.79. The number of fused-ring (bicyclic) bond motifs is 1. The maximum Gasteiger partial charge on any atom is 0.237 e. The first-order valence-corrected chi connectivity index (χ1v) is 9.42. The van der Waals surface area contributed by atoms with Crippen molar-refractivity contribution in [3.63, 3.8) is 0 Å². The summed E-state index contributed by atoms with van der Waals surface area (Å²) in [4.78, 5) is 4.32. The van der Waals surface area contributed by atoms with E-state index in [4.69, 9.17) is 10.5 Å². The second kappa shape index (κ2) is 8.37. The van der Waals surface area contributed by atoms with Gasteiger partial charge in [-0.05, 0) is 34.5 Å². The number of aromatic nitrogens is 1. The van der Waals surface area contributed by atoms with Gasteiger partial charge in [0.1, 0.15) is 0 Å². The molecular weight excluding hydrogens is 338 g/mol. The summed E-state index contributed by atoms with van der Waals surface area (Å²) in [6.45, 7) is 1.23. The molecule has 24 heavy (non-hydrogen) atoms. The van der Waals surface area contributed by atoms with Gasteiger partial charge in [0.2, 0.25) is 5.88 Å². The molecule has 0 radical (unpaired) electrons. The Bertz CT molecular complexity index is 791. The minimum Gasteiger partial charge on any atom is -0.476 e. The van der Waals surface area contributed by atoms with Gasteiger partial charge in [0.15, 0.2) is 0 Å². The monoisotopic (exact) mass is 359 g/mol. The number of pyridine rings is 1. The number of thiol groups is 1. The Morgan fingerprint density at radius 2 is 2.12 bits per heavy atom. The van der Waals surface area contributed by atoms with E-state index in [1.165, 1.54) is 15.6 Å². The van der Waals surface area contributed by atoms with Crippen molar-refractivity contribution in [1.82, 2.24) is 4.98 Å². The number of nitrogens with two attached hydrogens (primary N) is 1. The molecule has 0 saturated carbocycles. The molecule has 126 valence electrons. The number of benzene rings is 1. The van der Waals surface area contributed by atoms with Gasteiger partial charge in [0.05, 0.1) is 12.3 Å². The Morgan fingerprint density at radius 3 is 3.00 bits per heavy atom. The van der Waals surface area contributed by atoms with Gasteiger partial charge in [0.25, 0.3) is 0 Å². The molecule has 0 amide bonds. The molecular formula is C18H21N3OS2. The zero-order valence-corrected chi connectivity index (χ0v) is 15.0. The third-order valence-corrected chi connectivity index (χ3v) is 5.21. The number of ether oxygens (including phenoxy) is 1. The number of nitrogens with one attached hydrogen (secondary N) is 1. The maximum absolute atomic E-state index is 5.90. The summed E-state index contributed by atoms with van der Waals surface area (Å²) in [7, 11) is 0. The molecule has 0 saturated heterocycles. The Hall–Kier alpha value is -1.76. The van der Waals surface area contributed by atoms with Crippen LogP contribution >= 0.6 is 24.0 Å². The van der Waals surface area contributed by atoms with Crippen molar-refractivity contribution >= 4 is 39.7 Å². The number of hydrogen-bond donors (Lipinski definition) is 3. The van der Waals surface area contributed by atoms with Crippen LogP contribution in [0.5, 0.6) is 5.88 Å². The lowest BCUT2D eigenvalue weighted by atomic mass is 10.1. The van der Waals surface area contributed by atoms with Gasteiger partial charge in [-0.3, -0.25) is 0 Å². The molecule has 6 heteroatoms. The van der Waals surface area contributed by atoms with E-state index in [1.54, 1.807) is 17.5 Å². The third kappa shape index (κ3) is 4.20. The highest BCUT2D eigenvalue weighted by atomic mass is 32.1. The van der Waals surface area contributed by atoms with Crippen LogP contribution in [0.15, 0.2) is 48.0 Å². The Morgan fingerprint density at radius 1 is 1.25 bits per heavy atom. The molecule has 1 atom stereocenters. The second-order valence-electron chi connectivity index (χ2n) is 5.54. The van der Waals surface area contributed by atoms with Crippen LogP contribution in [0.4, 0.5) is 5.69 Å².